The van der Waals surface area contributed by atoms with E-state index in [2.05, 4.69) is 25.7 Å². The Morgan fingerprint density at radius 1 is 1.23 bits per heavy atom. The number of H-pyrrole nitrogens is 1. The average Bonchev–Trinajstić information content (AvgIpc) is 3.20. The first kappa shape index (κ1) is 20.7. The Morgan fingerprint density at radius 2 is 2.03 bits per heavy atom. The van der Waals surface area contributed by atoms with Gasteiger partial charge in [-0.25, -0.2) is 10.5 Å². The number of nitrogens with two attached hydrogens (primary N) is 1. The van der Waals surface area contributed by atoms with Gasteiger partial charge in [0.15, 0.2) is 0 Å². The third kappa shape index (κ3) is 4.79. The van der Waals surface area contributed by atoms with Crippen molar-refractivity contribution >= 4 is 52.2 Å². The van der Waals surface area contributed by atoms with Crippen LogP contribution in [0.4, 0.5) is 5.95 Å². The van der Waals surface area contributed by atoms with Crippen LogP contribution >= 0.6 is 23.4 Å². The fourth-order valence-corrected chi connectivity index (χ4v) is 3.95. The molecule has 4 aromatic rings. The summed E-state index contributed by atoms with van der Waals surface area (Å²) >= 11 is 7.33. The van der Waals surface area contributed by atoms with Crippen LogP contribution in [0.5, 0.6) is 5.75 Å². The Labute approximate surface area is 186 Å². The largest absolute Gasteiger partial charge is 0.506 e. The fourth-order valence-electron chi connectivity index (χ4n) is 2.96. The topological polar surface area (TPSA) is 129 Å². The minimum absolute atomic E-state index is 0.0852. The highest BCUT2D eigenvalue weighted by molar-refractivity contribution is 7.98. The summed E-state index contributed by atoms with van der Waals surface area (Å²) in [4.78, 5) is 16.4. The van der Waals surface area contributed by atoms with Crippen molar-refractivity contribution in [2.24, 2.45) is 5.10 Å². The van der Waals surface area contributed by atoms with Crippen molar-refractivity contribution in [2.75, 3.05) is 5.73 Å². The molecular formula is C21H17ClN6O2S. The molecule has 1 aromatic heterocycles. The van der Waals surface area contributed by atoms with Crippen LogP contribution < -0.4 is 11.2 Å². The summed E-state index contributed by atoms with van der Waals surface area (Å²) in [6.45, 7) is 0. The molecule has 0 atom stereocenters. The van der Waals surface area contributed by atoms with E-state index in [1.165, 1.54) is 30.0 Å². The smallest absolute Gasteiger partial charge is 0.271 e. The fraction of sp³-hybridized carbons (Fsp3) is 0.0476. The van der Waals surface area contributed by atoms with Crippen LogP contribution in [-0.2, 0) is 5.75 Å². The number of amides is 1. The Bertz CT molecular complexity index is 1290. The number of halogens is 1. The predicted octanol–water partition coefficient (Wildman–Crippen LogP) is 3.96. The number of hydrogen-bond acceptors (Lipinski definition) is 7. The first-order chi connectivity index (χ1) is 15.0. The highest BCUT2D eigenvalue weighted by Crippen LogP contribution is 2.27. The lowest BCUT2D eigenvalue weighted by molar-refractivity contribution is 0.0955. The number of carbonyl (C=O) groups is 1. The molecule has 0 aliphatic carbocycles. The van der Waals surface area contributed by atoms with Gasteiger partial charge in [-0.15, -0.1) is 5.10 Å². The zero-order valence-electron chi connectivity index (χ0n) is 16.0. The number of carbonyl (C=O) groups excluding carboxylic acids is 1. The van der Waals surface area contributed by atoms with Gasteiger partial charge in [-0.2, -0.15) is 10.1 Å². The summed E-state index contributed by atoms with van der Waals surface area (Å²) in [5, 5.41) is 23.0. The number of nitrogens with one attached hydrogen (secondary N) is 2. The molecule has 0 radical (unpaired) electrons. The number of anilines is 1. The first-order valence-electron chi connectivity index (χ1n) is 9.14. The molecule has 0 fully saturated rings. The van der Waals surface area contributed by atoms with E-state index >= 15 is 0 Å². The van der Waals surface area contributed by atoms with Crippen molar-refractivity contribution in [1.29, 1.82) is 0 Å². The maximum Gasteiger partial charge on any atom is 0.271 e. The molecule has 0 aliphatic rings. The molecule has 0 bridgehead atoms. The average molecular weight is 453 g/mol. The van der Waals surface area contributed by atoms with Gasteiger partial charge in [-0.1, -0.05) is 59.8 Å². The third-order valence-electron chi connectivity index (χ3n) is 4.47. The summed E-state index contributed by atoms with van der Waals surface area (Å²) in [6.07, 6.45) is 1.59. The van der Waals surface area contributed by atoms with Gasteiger partial charge in [0.05, 0.1) is 11.2 Å². The summed E-state index contributed by atoms with van der Waals surface area (Å²) < 4.78 is 0. The second-order valence-electron chi connectivity index (χ2n) is 6.52. The number of rotatable bonds is 6. The first-order valence-corrected chi connectivity index (χ1v) is 10.5. The second kappa shape index (κ2) is 9.07. The molecule has 5 N–H and O–H groups in total. The maximum absolute atomic E-state index is 12.2. The number of hydrazone groups is 1. The number of phenols is 1. The molecule has 156 valence electrons. The van der Waals surface area contributed by atoms with Gasteiger partial charge in [-0.3, -0.25) is 4.79 Å². The molecule has 0 aliphatic heterocycles. The number of hydrogen-bond donors (Lipinski definition) is 4. The Hall–Kier alpha value is -3.56. The van der Waals surface area contributed by atoms with Gasteiger partial charge in [-0.05, 0) is 34.5 Å². The Balaban J connectivity index is 1.51. The number of nitrogen functional groups attached to an aromatic ring is 1. The normalized spacial score (nSPS) is 11.3. The number of phenolic OH excluding ortho intramolecular Hbond substituents is 1. The number of nitrogens with zero attached hydrogens (tertiary/aromatic N) is 3. The van der Waals surface area contributed by atoms with E-state index in [0.717, 1.165) is 21.9 Å². The number of benzene rings is 3. The number of aromatic amines is 1. The van der Waals surface area contributed by atoms with E-state index in [1.807, 2.05) is 36.4 Å². The SMILES string of the molecule is Nc1nc(SCc2ccc(/C=N/NC(=O)c3ccc(O)c(Cl)c3)c3ccccc23)n[nH]1. The summed E-state index contributed by atoms with van der Waals surface area (Å²) in [6, 6.07) is 16.1. The van der Waals surface area contributed by atoms with Gasteiger partial charge in [0.2, 0.25) is 11.1 Å². The van der Waals surface area contributed by atoms with E-state index in [1.54, 1.807) is 6.21 Å². The molecule has 0 saturated heterocycles. The van der Waals surface area contributed by atoms with E-state index < -0.39 is 5.91 Å². The van der Waals surface area contributed by atoms with Crippen LogP contribution in [0.3, 0.4) is 0 Å². The summed E-state index contributed by atoms with van der Waals surface area (Å²) in [5.41, 5.74) is 10.3. The van der Waals surface area contributed by atoms with Crippen LogP contribution in [0.2, 0.25) is 5.02 Å². The molecule has 0 unspecified atom stereocenters. The van der Waals surface area contributed by atoms with Crippen molar-refractivity contribution in [3.63, 3.8) is 0 Å². The lowest BCUT2D eigenvalue weighted by Gasteiger charge is -2.08. The van der Waals surface area contributed by atoms with Crippen LogP contribution in [0, 0.1) is 0 Å². The van der Waals surface area contributed by atoms with Gasteiger partial charge < -0.3 is 10.8 Å². The standard InChI is InChI=1S/C21H17ClN6O2S/c22-17-9-12(7-8-18(17)29)19(30)26-24-10-13-5-6-14(16-4-2-1-3-15(13)16)11-31-21-25-20(23)27-28-21/h1-10,29H,11H2,(H,26,30)(H3,23,25,27,28)/b24-10+. The van der Waals surface area contributed by atoms with Gasteiger partial charge in [0, 0.05) is 16.9 Å². The maximum atomic E-state index is 12.2. The van der Waals surface area contributed by atoms with E-state index in [-0.39, 0.29) is 16.7 Å². The van der Waals surface area contributed by atoms with E-state index in [4.69, 9.17) is 17.3 Å². The quantitative estimate of drug-likeness (QED) is 0.199. The Morgan fingerprint density at radius 3 is 2.77 bits per heavy atom. The zero-order chi connectivity index (χ0) is 21.8. The molecule has 31 heavy (non-hydrogen) atoms. The molecule has 1 amide bonds. The van der Waals surface area contributed by atoms with Crippen molar-refractivity contribution in [1.82, 2.24) is 20.6 Å². The van der Waals surface area contributed by atoms with Crippen LogP contribution in [-0.4, -0.2) is 32.4 Å². The van der Waals surface area contributed by atoms with Crippen LogP contribution in [0.1, 0.15) is 21.5 Å². The Kier molecular flexibility index (Phi) is 6.06. The number of aromatic hydroxyl groups is 1. The van der Waals surface area contributed by atoms with Crippen molar-refractivity contribution in [3.05, 3.63) is 76.3 Å². The molecule has 10 heteroatoms. The van der Waals surface area contributed by atoms with Crippen molar-refractivity contribution in [3.8, 4) is 5.75 Å². The molecule has 1 heterocycles. The highest BCUT2D eigenvalue weighted by atomic mass is 35.5. The van der Waals surface area contributed by atoms with E-state index in [0.29, 0.717) is 16.5 Å². The minimum atomic E-state index is -0.429. The zero-order valence-corrected chi connectivity index (χ0v) is 17.6. The van der Waals surface area contributed by atoms with E-state index in [9.17, 15) is 9.90 Å². The molecule has 8 nitrogen and oxygen atoms in total. The predicted molar refractivity (Wildman–Crippen MR) is 122 cm³/mol. The van der Waals surface area contributed by atoms with Gasteiger partial charge in [0.25, 0.3) is 5.91 Å². The van der Waals surface area contributed by atoms with Gasteiger partial charge >= 0.3 is 0 Å². The summed E-state index contributed by atoms with van der Waals surface area (Å²) in [7, 11) is 0. The number of aromatic nitrogens is 3. The highest BCUT2D eigenvalue weighted by Gasteiger charge is 2.09. The second-order valence-corrected chi connectivity index (χ2v) is 7.87. The van der Waals surface area contributed by atoms with Crippen molar-refractivity contribution in [2.45, 2.75) is 10.9 Å². The lowest BCUT2D eigenvalue weighted by atomic mass is 10.0. The molecule has 0 saturated carbocycles. The molecule has 4 rings (SSSR count). The monoisotopic (exact) mass is 452 g/mol. The summed E-state index contributed by atoms with van der Waals surface area (Å²) in [5.74, 6) is 0.447. The number of thioether (sulfide) groups is 1. The van der Waals surface area contributed by atoms with Crippen molar-refractivity contribution < 1.29 is 9.90 Å². The minimum Gasteiger partial charge on any atom is -0.506 e. The van der Waals surface area contributed by atoms with Crippen LogP contribution in [0.25, 0.3) is 10.8 Å². The van der Waals surface area contributed by atoms with Gasteiger partial charge in [0.1, 0.15) is 5.75 Å². The molecular weight excluding hydrogens is 436 g/mol. The molecule has 3 aromatic carbocycles. The molecule has 0 spiro atoms. The number of fused-ring (bicyclic) bond motifs is 1. The lowest BCUT2D eigenvalue weighted by Crippen LogP contribution is -2.17. The van der Waals surface area contributed by atoms with Crippen LogP contribution in [0.15, 0.2) is 64.9 Å². The third-order valence-corrected chi connectivity index (χ3v) is 5.67.